The molecule has 0 aliphatic rings. The number of H-pyrrole nitrogens is 1. The van der Waals surface area contributed by atoms with Crippen molar-refractivity contribution in [1.82, 2.24) is 30.0 Å². The quantitative estimate of drug-likeness (QED) is 0.731. The smallest absolute Gasteiger partial charge is 0.263 e. The normalized spacial score (nSPS) is 10.8. The summed E-state index contributed by atoms with van der Waals surface area (Å²) < 4.78 is 1.64. The number of carbonyl (C=O) groups excluding carboxylic acids is 1. The maximum absolute atomic E-state index is 12.2. The van der Waals surface area contributed by atoms with E-state index in [0.29, 0.717) is 12.4 Å². The minimum absolute atomic E-state index is 0.00337. The SMILES string of the molecule is CC(C)c1ncc(C(=O)NCc2ccc(-n3cncn3)cc2)c(=O)[nH]1. The van der Waals surface area contributed by atoms with Gasteiger partial charge in [0.1, 0.15) is 24.0 Å². The Balaban J connectivity index is 1.65. The molecule has 0 spiro atoms. The predicted molar refractivity (Wildman–Crippen MR) is 91.5 cm³/mol. The third kappa shape index (κ3) is 3.79. The number of rotatable bonds is 5. The number of hydrogen-bond acceptors (Lipinski definition) is 5. The Hall–Kier alpha value is -3.29. The van der Waals surface area contributed by atoms with Gasteiger partial charge in [0, 0.05) is 18.7 Å². The minimum atomic E-state index is -0.454. The van der Waals surface area contributed by atoms with Gasteiger partial charge in [-0.25, -0.2) is 14.6 Å². The van der Waals surface area contributed by atoms with Crippen molar-refractivity contribution in [3.05, 3.63) is 70.4 Å². The summed E-state index contributed by atoms with van der Waals surface area (Å²) in [5.74, 6) is 0.197. The van der Waals surface area contributed by atoms with E-state index in [1.165, 1.54) is 12.5 Å². The van der Waals surface area contributed by atoms with Crippen molar-refractivity contribution >= 4 is 5.91 Å². The van der Waals surface area contributed by atoms with Crippen molar-refractivity contribution in [2.45, 2.75) is 26.3 Å². The minimum Gasteiger partial charge on any atom is -0.348 e. The molecule has 3 rings (SSSR count). The lowest BCUT2D eigenvalue weighted by Gasteiger charge is -2.08. The van der Waals surface area contributed by atoms with Crippen molar-refractivity contribution in [3.8, 4) is 5.69 Å². The Morgan fingerprint density at radius 3 is 2.64 bits per heavy atom. The Morgan fingerprint density at radius 2 is 2.04 bits per heavy atom. The first-order valence-corrected chi connectivity index (χ1v) is 7.86. The van der Waals surface area contributed by atoms with Crippen LogP contribution in [-0.4, -0.2) is 30.6 Å². The van der Waals surface area contributed by atoms with Crippen LogP contribution in [0.25, 0.3) is 5.69 Å². The molecule has 0 bridgehead atoms. The predicted octanol–water partition coefficient (Wildman–Crippen LogP) is 1.40. The summed E-state index contributed by atoms with van der Waals surface area (Å²) in [5.41, 5.74) is 1.35. The molecule has 25 heavy (non-hydrogen) atoms. The van der Waals surface area contributed by atoms with E-state index in [4.69, 9.17) is 0 Å². The van der Waals surface area contributed by atoms with E-state index in [-0.39, 0.29) is 11.5 Å². The summed E-state index contributed by atoms with van der Waals surface area (Å²) in [6.45, 7) is 4.14. The molecule has 2 aromatic heterocycles. The molecule has 2 heterocycles. The van der Waals surface area contributed by atoms with Gasteiger partial charge in [-0.05, 0) is 17.7 Å². The second-order valence-corrected chi connectivity index (χ2v) is 5.86. The molecule has 1 aromatic carbocycles. The Bertz CT molecular complexity index is 913. The number of aromatic nitrogens is 5. The van der Waals surface area contributed by atoms with Gasteiger partial charge < -0.3 is 10.3 Å². The Labute approximate surface area is 144 Å². The molecule has 2 N–H and O–H groups in total. The van der Waals surface area contributed by atoms with E-state index in [9.17, 15) is 9.59 Å². The first-order chi connectivity index (χ1) is 12.0. The lowest BCUT2D eigenvalue weighted by molar-refractivity contribution is 0.0949. The number of benzene rings is 1. The van der Waals surface area contributed by atoms with E-state index in [0.717, 1.165) is 11.3 Å². The van der Waals surface area contributed by atoms with Crippen LogP contribution in [0.5, 0.6) is 0 Å². The summed E-state index contributed by atoms with van der Waals surface area (Å²) in [6, 6.07) is 7.51. The zero-order chi connectivity index (χ0) is 17.8. The van der Waals surface area contributed by atoms with E-state index < -0.39 is 11.5 Å². The lowest BCUT2D eigenvalue weighted by Crippen LogP contribution is -2.30. The summed E-state index contributed by atoms with van der Waals surface area (Å²) in [4.78, 5) is 34.8. The molecule has 0 fully saturated rings. The molecule has 8 heteroatoms. The molecule has 128 valence electrons. The number of hydrogen-bond donors (Lipinski definition) is 2. The van der Waals surface area contributed by atoms with Gasteiger partial charge in [-0.1, -0.05) is 26.0 Å². The third-order valence-corrected chi connectivity index (χ3v) is 3.68. The van der Waals surface area contributed by atoms with Gasteiger partial charge in [0.15, 0.2) is 0 Å². The van der Waals surface area contributed by atoms with Crippen LogP contribution in [-0.2, 0) is 6.54 Å². The van der Waals surface area contributed by atoms with Gasteiger partial charge in [-0.2, -0.15) is 5.10 Å². The molecule has 0 aliphatic carbocycles. The van der Waals surface area contributed by atoms with Gasteiger partial charge in [-0.3, -0.25) is 9.59 Å². The van der Waals surface area contributed by atoms with Crippen LogP contribution in [0.1, 0.15) is 41.5 Å². The summed E-state index contributed by atoms with van der Waals surface area (Å²) in [6.07, 6.45) is 4.39. The van der Waals surface area contributed by atoms with Crippen LogP contribution in [0.2, 0.25) is 0 Å². The van der Waals surface area contributed by atoms with Gasteiger partial charge in [0.25, 0.3) is 11.5 Å². The number of amides is 1. The Morgan fingerprint density at radius 1 is 1.28 bits per heavy atom. The van der Waals surface area contributed by atoms with Crippen LogP contribution in [0.3, 0.4) is 0 Å². The fraction of sp³-hybridized carbons (Fsp3) is 0.235. The first kappa shape index (κ1) is 16.6. The van der Waals surface area contributed by atoms with Crippen LogP contribution < -0.4 is 10.9 Å². The van der Waals surface area contributed by atoms with Crippen molar-refractivity contribution in [2.24, 2.45) is 0 Å². The third-order valence-electron chi connectivity index (χ3n) is 3.68. The fourth-order valence-electron chi connectivity index (χ4n) is 2.25. The second kappa shape index (κ2) is 7.08. The highest BCUT2D eigenvalue weighted by Crippen LogP contribution is 2.08. The highest BCUT2D eigenvalue weighted by molar-refractivity contribution is 5.93. The van der Waals surface area contributed by atoms with Crippen LogP contribution in [0.15, 0.2) is 47.9 Å². The van der Waals surface area contributed by atoms with Crippen LogP contribution >= 0.6 is 0 Å². The molecule has 3 aromatic rings. The Kier molecular flexibility index (Phi) is 4.69. The molecule has 0 aliphatic heterocycles. The molecule has 1 amide bonds. The van der Waals surface area contributed by atoms with E-state index in [2.05, 4.69) is 25.4 Å². The molecule has 8 nitrogen and oxygen atoms in total. The average molecular weight is 338 g/mol. The van der Waals surface area contributed by atoms with Gasteiger partial charge in [0.05, 0.1) is 5.69 Å². The fourth-order valence-corrected chi connectivity index (χ4v) is 2.25. The number of carbonyl (C=O) groups is 1. The van der Waals surface area contributed by atoms with Crippen molar-refractivity contribution in [3.63, 3.8) is 0 Å². The highest BCUT2D eigenvalue weighted by atomic mass is 16.2. The van der Waals surface area contributed by atoms with Gasteiger partial charge >= 0.3 is 0 Å². The van der Waals surface area contributed by atoms with Gasteiger partial charge in [-0.15, -0.1) is 0 Å². The van der Waals surface area contributed by atoms with E-state index in [1.54, 1.807) is 11.0 Å². The van der Waals surface area contributed by atoms with Crippen molar-refractivity contribution in [2.75, 3.05) is 0 Å². The zero-order valence-electron chi connectivity index (χ0n) is 13.9. The monoisotopic (exact) mass is 338 g/mol. The summed E-state index contributed by atoms with van der Waals surface area (Å²) >= 11 is 0. The summed E-state index contributed by atoms with van der Waals surface area (Å²) in [7, 11) is 0. The lowest BCUT2D eigenvalue weighted by atomic mass is 10.2. The molecule has 0 saturated heterocycles. The average Bonchev–Trinajstić information content (AvgIpc) is 3.14. The maximum Gasteiger partial charge on any atom is 0.263 e. The van der Waals surface area contributed by atoms with Crippen LogP contribution in [0, 0.1) is 0 Å². The molecular weight excluding hydrogens is 320 g/mol. The van der Waals surface area contributed by atoms with Crippen LogP contribution in [0.4, 0.5) is 0 Å². The standard InChI is InChI=1S/C17H18N6O2/c1-11(2)15-19-8-14(17(25)22-15)16(24)20-7-12-3-5-13(6-4-12)23-10-18-9-21-23/h3-6,8-11H,7H2,1-2H3,(H,20,24)(H,19,22,25). The van der Waals surface area contributed by atoms with Crippen molar-refractivity contribution < 1.29 is 4.79 Å². The summed E-state index contributed by atoms with van der Waals surface area (Å²) in [5, 5.41) is 6.78. The largest absolute Gasteiger partial charge is 0.348 e. The van der Waals surface area contributed by atoms with E-state index in [1.807, 2.05) is 38.1 Å². The zero-order valence-corrected chi connectivity index (χ0v) is 13.9. The second-order valence-electron chi connectivity index (χ2n) is 5.86. The maximum atomic E-state index is 12.2. The number of nitrogens with zero attached hydrogens (tertiary/aromatic N) is 4. The van der Waals surface area contributed by atoms with E-state index >= 15 is 0 Å². The number of nitrogens with one attached hydrogen (secondary N) is 2. The van der Waals surface area contributed by atoms with Crippen molar-refractivity contribution in [1.29, 1.82) is 0 Å². The molecular formula is C17H18N6O2. The molecule has 0 saturated carbocycles. The topological polar surface area (TPSA) is 106 Å². The first-order valence-electron chi connectivity index (χ1n) is 7.86. The molecule has 0 atom stereocenters. The molecule has 0 radical (unpaired) electrons. The number of aromatic amines is 1. The highest BCUT2D eigenvalue weighted by Gasteiger charge is 2.12. The van der Waals surface area contributed by atoms with Gasteiger partial charge in [0.2, 0.25) is 0 Å². The molecule has 0 unspecified atom stereocenters.